The zero-order chi connectivity index (χ0) is 15.5. The topological polar surface area (TPSA) is 37.9 Å². The molecule has 0 radical (unpaired) electrons. The number of nitrogens with zero attached hydrogens (tertiary/aromatic N) is 1. The molecule has 114 valence electrons. The van der Waals surface area contributed by atoms with Gasteiger partial charge >= 0.3 is 0 Å². The normalized spacial score (nSPS) is 22.0. The Morgan fingerprint density at radius 1 is 1.38 bits per heavy atom. The molecular weight excluding hydrogens is 411 g/mol. The first-order valence-electron chi connectivity index (χ1n) is 7.03. The lowest BCUT2D eigenvalue weighted by Crippen LogP contribution is -2.39. The Balaban J connectivity index is 2.13. The van der Waals surface area contributed by atoms with Gasteiger partial charge in [0.05, 0.1) is 16.5 Å². The molecule has 0 bridgehead atoms. The van der Waals surface area contributed by atoms with E-state index in [2.05, 4.69) is 58.3 Å². The predicted molar refractivity (Wildman–Crippen MR) is 103 cm³/mol. The molecule has 1 aliphatic carbocycles. The number of hydrogen-bond acceptors (Lipinski definition) is 3. The third kappa shape index (κ3) is 4.34. The lowest BCUT2D eigenvalue weighted by molar-refractivity contribution is 0.126. The zero-order valence-electron chi connectivity index (χ0n) is 12.6. The van der Waals surface area contributed by atoms with E-state index >= 15 is 0 Å². The number of imidazole rings is 1. The first-order chi connectivity index (χ1) is 9.83. The van der Waals surface area contributed by atoms with Gasteiger partial charge in [-0.2, -0.15) is 0 Å². The van der Waals surface area contributed by atoms with Gasteiger partial charge in [0.1, 0.15) is 11.2 Å². The minimum Gasteiger partial charge on any atom is -0.380 e. The van der Waals surface area contributed by atoms with Crippen molar-refractivity contribution in [3.05, 3.63) is 40.0 Å². The Morgan fingerprint density at radius 3 is 2.71 bits per heavy atom. The van der Waals surface area contributed by atoms with E-state index in [0.717, 1.165) is 27.0 Å². The summed E-state index contributed by atoms with van der Waals surface area (Å²) in [5.74, 6) is 0.866. The van der Waals surface area contributed by atoms with Crippen LogP contribution in [-0.2, 0) is 10.2 Å². The van der Waals surface area contributed by atoms with E-state index in [9.17, 15) is 0 Å². The number of H-pyrrole nitrogens is 1. The van der Waals surface area contributed by atoms with E-state index in [1.807, 2.05) is 24.4 Å². The van der Waals surface area contributed by atoms with Crippen LogP contribution in [0.5, 0.6) is 0 Å². The molecule has 1 aliphatic rings. The summed E-state index contributed by atoms with van der Waals surface area (Å²) in [4.78, 5) is 8.64. The van der Waals surface area contributed by atoms with Gasteiger partial charge in [-0.1, -0.05) is 50.1 Å². The van der Waals surface area contributed by atoms with Crippen LogP contribution in [0.1, 0.15) is 5.82 Å². The van der Waals surface area contributed by atoms with Gasteiger partial charge in [0.25, 0.3) is 0 Å². The van der Waals surface area contributed by atoms with Crippen LogP contribution in [0.25, 0.3) is 0 Å². The molecule has 1 unspecified atom stereocenters. The van der Waals surface area contributed by atoms with Gasteiger partial charge < -0.3 is 9.72 Å². The summed E-state index contributed by atoms with van der Waals surface area (Å²) in [7, 11) is -1.07. The highest BCUT2D eigenvalue weighted by Crippen LogP contribution is 2.30. The second kappa shape index (κ2) is 6.85. The van der Waals surface area contributed by atoms with Crippen molar-refractivity contribution in [2.45, 2.75) is 31.1 Å². The number of nitrogens with one attached hydrogen (secondary N) is 1. The molecule has 6 heteroatoms. The smallest absolute Gasteiger partial charge is 0.124 e. The second-order valence-corrected chi connectivity index (χ2v) is 13.7. The van der Waals surface area contributed by atoms with Gasteiger partial charge in [0.15, 0.2) is 0 Å². The fourth-order valence-electron chi connectivity index (χ4n) is 2.11. The van der Waals surface area contributed by atoms with Crippen LogP contribution < -0.4 is 0 Å². The van der Waals surface area contributed by atoms with Crippen LogP contribution in [0.2, 0.25) is 25.7 Å². The van der Waals surface area contributed by atoms with E-state index in [1.165, 1.54) is 0 Å². The molecule has 1 aromatic heterocycles. The molecule has 1 aromatic rings. The molecule has 0 aromatic carbocycles. The monoisotopic (exact) mass is 432 g/mol. The summed E-state index contributed by atoms with van der Waals surface area (Å²) < 4.78 is 7.00. The SMILES string of the molecule is C[Si](C)(C)CCOCC1(c2ncc(I)[nH]2)C=CC=CC1=S. The molecule has 0 spiro atoms. The van der Waals surface area contributed by atoms with Crippen LogP contribution in [0.4, 0.5) is 0 Å². The number of aromatic nitrogens is 2. The number of thiocarbonyl (C=S) groups is 1. The number of allylic oxidation sites excluding steroid dienone is 3. The first-order valence-corrected chi connectivity index (χ1v) is 12.2. The Bertz CT molecular complexity index is 576. The minimum absolute atomic E-state index is 0.438. The van der Waals surface area contributed by atoms with Gasteiger partial charge in [-0.05, 0) is 34.7 Å². The average molecular weight is 432 g/mol. The van der Waals surface area contributed by atoms with E-state index in [0.29, 0.717) is 6.61 Å². The number of aromatic amines is 1. The highest BCUT2D eigenvalue weighted by Gasteiger charge is 2.37. The van der Waals surface area contributed by atoms with Gasteiger partial charge in [0.2, 0.25) is 0 Å². The molecule has 0 amide bonds. The second-order valence-electron chi connectivity index (χ2n) is 6.50. The van der Waals surface area contributed by atoms with E-state index in [4.69, 9.17) is 17.0 Å². The Kier molecular flexibility index (Phi) is 5.56. The largest absolute Gasteiger partial charge is 0.380 e. The molecule has 3 nitrogen and oxygen atoms in total. The van der Waals surface area contributed by atoms with Crippen molar-refractivity contribution in [2.75, 3.05) is 13.2 Å². The van der Waals surface area contributed by atoms with Crippen molar-refractivity contribution in [1.29, 1.82) is 0 Å². The van der Waals surface area contributed by atoms with Crippen molar-refractivity contribution in [2.24, 2.45) is 0 Å². The molecule has 0 saturated carbocycles. The maximum Gasteiger partial charge on any atom is 0.124 e. The molecule has 0 fully saturated rings. The maximum atomic E-state index is 5.99. The van der Waals surface area contributed by atoms with Crippen LogP contribution in [0, 0.1) is 3.70 Å². The Hall–Kier alpha value is -0.313. The van der Waals surface area contributed by atoms with Gasteiger partial charge in [0, 0.05) is 19.5 Å². The third-order valence-electron chi connectivity index (χ3n) is 3.47. The highest BCUT2D eigenvalue weighted by molar-refractivity contribution is 14.1. The van der Waals surface area contributed by atoms with Crippen molar-refractivity contribution in [3.8, 4) is 0 Å². The van der Waals surface area contributed by atoms with Crippen molar-refractivity contribution in [3.63, 3.8) is 0 Å². The summed E-state index contributed by atoms with van der Waals surface area (Å²) in [6, 6.07) is 1.16. The minimum atomic E-state index is -1.07. The highest BCUT2D eigenvalue weighted by atomic mass is 127. The lowest BCUT2D eigenvalue weighted by atomic mass is 9.81. The van der Waals surface area contributed by atoms with Crippen LogP contribution >= 0.6 is 34.8 Å². The fourth-order valence-corrected chi connectivity index (χ4v) is 3.57. The van der Waals surface area contributed by atoms with E-state index in [1.54, 1.807) is 0 Å². The zero-order valence-corrected chi connectivity index (χ0v) is 16.6. The van der Waals surface area contributed by atoms with Crippen LogP contribution in [0.15, 0.2) is 30.5 Å². The molecule has 1 heterocycles. The Labute approximate surface area is 146 Å². The van der Waals surface area contributed by atoms with E-state index < -0.39 is 13.5 Å². The number of ether oxygens (including phenoxy) is 1. The number of hydrogen-bond donors (Lipinski definition) is 1. The van der Waals surface area contributed by atoms with E-state index in [-0.39, 0.29) is 0 Å². The Morgan fingerprint density at radius 2 is 2.14 bits per heavy atom. The maximum absolute atomic E-state index is 5.99. The molecule has 0 aliphatic heterocycles. The molecule has 1 N–H and O–H groups in total. The summed E-state index contributed by atoms with van der Waals surface area (Å²) in [6.07, 6.45) is 9.88. The van der Waals surface area contributed by atoms with Gasteiger partial charge in [-0.25, -0.2) is 4.98 Å². The van der Waals surface area contributed by atoms with Crippen molar-refractivity contribution in [1.82, 2.24) is 9.97 Å². The number of rotatable bonds is 6. The van der Waals surface area contributed by atoms with Gasteiger partial charge in [-0.3, -0.25) is 0 Å². The standard InChI is InChI=1S/C15H21IN2OSSi/c1-21(2,3)9-8-19-11-15(7-5-4-6-12(15)20)14-17-10-13(16)18-14/h4-7,10H,8-9,11H2,1-3H3,(H,17,18). The van der Waals surface area contributed by atoms with Gasteiger partial charge in [-0.15, -0.1) is 0 Å². The summed E-state index contributed by atoms with van der Waals surface area (Å²) in [6.45, 7) is 8.40. The van der Waals surface area contributed by atoms with Crippen molar-refractivity contribution < 1.29 is 4.74 Å². The summed E-state index contributed by atoms with van der Waals surface area (Å²) in [5, 5.41) is 0. The predicted octanol–water partition coefficient (Wildman–Crippen LogP) is 4.10. The number of halogens is 1. The molecule has 1 atom stereocenters. The summed E-state index contributed by atoms with van der Waals surface area (Å²) in [5.41, 5.74) is -0.438. The van der Waals surface area contributed by atoms with Crippen LogP contribution in [0.3, 0.4) is 0 Å². The third-order valence-corrected chi connectivity index (χ3v) is 6.23. The average Bonchev–Trinajstić information content (AvgIpc) is 2.83. The van der Waals surface area contributed by atoms with Crippen molar-refractivity contribution >= 4 is 47.7 Å². The fraction of sp³-hybridized carbons (Fsp3) is 0.467. The molecule has 2 rings (SSSR count). The summed E-state index contributed by atoms with van der Waals surface area (Å²) >= 11 is 7.81. The molecule has 21 heavy (non-hydrogen) atoms. The lowest BCUT2D eigenvalue weighted by Gasteiger charge is -2.30. The van der Waals surface area contributed by atoms with Crippen LogP contribution in [-0.4, -0.2) is 36.1 Å². The quantitative estimate of drug-likeness (QED) is 0.318. The molecular formula is C15H21IN2OSSi. The molecule has 0 saturated heterocycles. The first kappa shape index (κ1) is 17.0.